The number of benzene rings is 3. The molecule has 0 amide bonds. The fraction of sp³-hybridized carbons (Fsp3) is 0.308. The normalized spacial score (nSPS) is 15.7. The quantitative estimate of drug-likeness (QED) is 0.439. The molecule has 1 aliphatic rings. The summed E-state index contributed by atoms with van der Waals surface area (Å²) < 4.78 is 42.9. The molecule has 1 aliphatic heterocycles. The van der Waals surface area contributed by atoms with Gasteiger partial charge in [-0.1, -0.05) is 28.1 Å². The first-order valence-corrected chi connectivity index (χ1v) is 13.8. The highest BCUT2D eigenvalue weighted by molar-refractivity contribution is 9.10. The molecule has 4 rings (SSSR count). The van der Waals surface area contributed by atoms with Crippen LogP contribution >= 0.6 is 15.9 Å². The molecule has 1 saturated heterocycles. The average Bonchev–Trinajstić information content (AvgIpc) is 2.85. The van der Waals surface area contributed by atoms with Gasteiger partial charge in [0, 0.05) is 68.7 Å². The second-order valence-electron chi connectivity index (χ2n) is 8.81. The maximum atomic E-state index is 13.3. The van der Waals surface area contributed by atoms with E-state index in [4.69, 9.17) is 0 Å². The molecule has 186 valence electrons. The van der Waals surface area contributed by atoms with Crippen LogP contribution in [0.3, 0.4) is 0 Å². The molecular formula is C26H30BrFN4O2S. The number of hydrogen-bond acceptors (Lipinski definition) is 5. The van der Waals surface area contributed by atoms with Gasteiger partial charge in [-0.05, 0) is 66.2 Å². The lowest BCUT2D eigenvalue weighted by Gasteiger charge is -2.40. The third-order valence-corrected chi connectivity index (χ3v) is 8.30. The zero-order valence-electron chi connectivity index (χ0n) is 19.9. The van der Waals surface area contributed by atoms with Gasteiger partial charge in [0.2, 0.25) is 10.0 Å². The van der Waals surface area contributed by atoms with Crippen LogP contribution in [0.15, 0.2) is 82.2 Å². The number of nitrogens with zero attached hydrogens (tertiary/aromatic N) is 3. The SMILES string of the molecule is CN(C)c1ccc(C(CNS(=O)(=O)c2ccc(Br)cc2)N2CCN(c3ccc(F)cc3)CC2)cc1. The largest absolute Gasteiger partial charge is 0.378 e. The van der Waals surface area contributed by atoms with E-state index in [1.165, 1.54) is 12.1 Å². The summed E-state index contributed by atoms with van der Waals surface area (Å²) in [5, 5.41) is 0. The van der Waals surface area contributed by atoms with Gasteiger partial charge in [0.25, 0.3) is 0 Å². The van der Waals surface area contributed by atoms with Crippen molar-refractivity contribution < 1.29 is 12.8 Å². The Morgan fingerprint density at radius 2 is 1.51 bits per heavy atom. The number of hydrogen-bond donors (Lipinski definition) is 1. The molecule has 3 aromatic carbocycles. The van der Waals surface area contributed by atoms with Crippen LogP contribution in [-0.4, -0.2) is 60.1 Å². The van der Waals surface area contributed by atoms with Crippen molar-refractivity contribution in [2.75, 3.05) is 56.6 Å². The molecule has 0 aromatic heterocycles. The third-order valence-electron chi connectivity index (χ3n) is 6.33. The summed E-state index contributed by atoms with van der Waals surface area (Å²) in [5.41, 5.74) is 3.14. The van der Waals surface area contributed by atoms with Crippen LogP contribution in [0.2, 0.25) is 0 Å². The summed E-state index contributed by atoms with van der Waals surface area (Å²) in [6.45, 7) is 3.33. The molecule has 0 bridgehead atoms. The first-order valence-electron chi connectivity index (χ1n) is 11.5. The second kappa shape index (κ2) is 11.1. The maximum absolute atomic E-state index is 13.3. The molecule has 0 aliphatic carbocycles. The fourth-order valence-electron chi connectivity index (χ4n) is 4.28. The molecule has 35 heavy (non-hydrogen) atoms. The molecule has 0 radical (unpaired) electrons. The average molecular weight is 562 g/mol. The lowest BCUT2D eigenvalue weighted by Crippen LogP contribution is -2.49. The van der Waals surface area contributed by atoms with Crippen LogP contribution in [0.5, 0.6) is 0 Å². The molecule has 1 atom stereocenters. The second-order valence-corrected chi connectivity index (χ2v) is 11.5. The number of anilines is 2. The highest BCUT2D eigenvalue weighted by Crippen LogP contribution is 2.26. The van der Waals surface area contributed by atoms with Gasteiger partial charge in [0.1, 0.15) is 5.82 Å². The van der Waals surface area contributed by atoms with E-state index >= 15 is 0 Å². The lowest BCUT2D eigenvalue weighted by molar-refractivity contribution is 0.187. The minimum atomic E-state index is -3.65. The Morgan fingerprint density at radius 1 is 0.914 bits per heavy atom. The van der Waals surface area contributed by atoms with E-state index in [1.54, 1.807) is 36.4 Å². The predicted molar refractivity (Wildman–Crippen MR) is 143 cm³/mol. The van der Waals surface area contributed by atoms with Crippen LogP contribution in [0.4, 0.5) is 15.8 Å². The Labute approximate surface area is 215 Å². The molecule has 1 N–H and O–H groups in total. The van der Waals surface area contributed by atoms with Gasteiger partial charge in [-0.3, -0.25) is 4.90 Å². The van der Waals surface area contributed by atoms with Gasteiger partial charge < -0.3 is 9.80 Å². The van der Waals surface area contributed by atoms with Gasteiger partial charge in [-0.15, -0.1) is 0 Å². The number of halogens is 2. The molecule has 6 nitrogen and oxygen atoms in total. The van der Waals surface area contributed by atoms with Crippen molar-refractivity contribution in [2.45, 2.75) is 10.9 Å². The zero-order valence-corrected chi connectivity index (χ0v) is 22.3. The topological polar surface area (TPSA) is 55.9 Å². The van der Waals surface area contributed by atoms with Crippen LogP contribution < -0.4 is 14.5 Å². The smallest absolute Gasteiger partial charge is 0.240 e. The lowest BCUT2D eigenvalue weighted by atomic mass is 10.0. The Morgan fingerprint density at radius 3 is 2.09 bits per heavy atom. The van der Waals surface area contributed by atoms with E-state index in [-0.39, 0.29) is 23.3 Å². The van der Waals surface area contributed by atoms with Crippen molar-refractivity contribution in [1.29, 1.82) is 0 Å². The maximum Gasteiger partial charge on any atom is 0.240 e. The Hall–Kier alpha value is -2.46. The fourth-order valence-corrected chi connectivity index (χ4v) is 5.58. The van der Waals surface area contributed by atoms with Crippen molar-refractivity contribution in [1.82, 2.24) is 9.62 Å². The van der Waals surface area contributed by atoms with Crippen LogP contribution in [0.25, 0.3) is 0 Å². The van der Waals surface area contributed by atoms with Crippen LogP contribution in [0.1, 0.15) is 11.6 Å². The molecule has 1 heterocycles. The van der Waals surface area contributed by atoms with Crippen molar-refractivity contribution in [2.24, 2.45) is 0 Å². The molecular weight excluding hydrogens is 531 g/mol. The molecule has 0 spiro atoms. The van der Waals surface area contributed by atoms with Crippen LogP contribution in [-0.2, 0) is 10.0 Å². The van der Waals surface area contributed by atoms with E-state index in [0.717, 1.165) is 47.6 Å². The van der Waals surface area contributed by atoms with Gasteiger partial charge >= 0.3 is 0 Å². The van der Waals surface area contributed by atoms with Crippen molar-refractivity contribution in [3.8, 4) is 0 Å². The molecule has 1 unspecified atom stereocenters. The van der Waals surface area contributed by atoms with Crippen molar-refractivity contribution in [3.63, 3.8) is 0 Å². The van der Waals surface area contributed by atoms with Crippen molar-refractivity contribution >= 4 is 37.3 Å². The summed E-state index contributed by atoms with van der Waals surface area (Å²) in [5.74, 6) is -0.244. The highest BCUT2D eigenvalue weighted by Gasteiger charge is 2.27. The van der Waals surface area contributed by atoms with E-state index in [9.17, 15) is 12.8 Å². The summed E-state index contributed by atoms with van der Waals surface area (Å²) >= 11 is 3.35. The Balaban J connectivity index is 1.51. The predicted octanol–water partition coefficient (Wildman–Crippen LogP) is 4.50. The molecule has 0 saturated carbocycles. The first-order chi connectivity index (χ1) is 16.7. The van der Waals surface area contributed by atoms with Gasteiger partial charge in [-0.2, -0.15) is 0 Å². The molecule has 3 aromatic rings. The van der Waals surface area contributed by atoms with Crippen molar-refractivity contribution in [3.05, 3.63) is 88.6 Å². The summed E-state index contributed by atoms with van der Waals surface area (Å²) in [7, 11) is 0.337. The first kappa shape index (κ1) is 25.6. The van der Waals surface area contributed by atoms with E-state index in [2.05, 4.69) is 54.7 Å². The van der Waals surface area contributed by atoms with Crippen LogP contribution in [0, 0.1) is 5.82 Å². The van der Waals surface area contributed by atoms with E-state index in [0.29, 0.717) is 0 Å². The van der Waals surface area contributed by atoms with E-state index in [1.807, 2.05) is 19.0 Å². The van der Waals surface area contributed by atoms with E-state index < -0.39 is 10.0 Å². The summed E-state index contributed by atoms with van der Waals surface area (Å²) in [6.07, 6.45) is 0. The summed E-state index contributed by atoms with van der Waals surface area (Å²) in [6, 6.07) is 21.3. The van der Waals surface area contributed by atoms with Gasteiger partial charge in [0.15, 0.2) is 0 Å². The number of piperazine rings is 1. The standard InChI is InChI=1S/C26H30BrFN4O2S/c1-30(2)23-9-3-20(4-10-23)26(19-29-35(33,34)25-13-5-21(27)6-14-25)32-17-15-31(16-18-32)24-11-7-22(28)8-12-24/h3-14,26,29H,15-19H2,1-2H3. The minimum Gasteiger partial charge on any atom is -0.378 e. The summed E-state index contributed by atoms with van der Waals surface area (Å²) in [4.78, 5) is 6.82. The van der Waals surface area contributed by atoms with Gasteiger partial charge in [-0.25, -0.2) is 17.5 Å². The molecule has 1 fully saturated rings. The highest BCUT2D eigenvalue weighted by atomic mass is 79.9. The Bertz CT molecular complexity index is 1210. The number of sulfonamides is 1. The Kier molecular flexibility index (Phi) is 8.11. The zero-order chi connectivity index (χ0) is 25.0. The third kappa shape index (κ3) is 6.41. The minimum absolute atomic E-state index is 0.119. The van der Waals surface area contributed by atoms with Gasteiger partial charge in [0.05, 0.1) is 4.90 Å². The number of nitrogens with one attached hydrogen (secondary N) is 1. The monoisotopic (exact) mass is 560 g/mol. The molecule has 9 heteroatoms. The number of rotatable bonds is 8.